The summed E-state index contributed by atoms with van der Waals surface area (Å²) < 4.78 is 33.0. The lowest BCUT2D eigenvalue weighted by atomic mass is 10.2. The Balaban J connectivity index is 1.79. The first kappa shape index (κ1) is 16.8. The lowest BCUT2D eigenvalue weighted by Gasteiger charge is -2.11. The van der Waals surface area contributed by atoms with Gasteiger partial charge in [0.2, 0.25) is 5.82 Å². The van der Waals surface area contributed by atoms with Crippen molar-refractivity contribution in [3.8, 4) is 5.88 Å². The van der Waals surface area contributed by atoms with Crippen molar-refractivity contribution < 1.29 is 13.2 Å². The molecular formula is C17H16N4O3S. The average Bonchev–Trinajstić information content (AvgIpc) is 2.62. The zero-order valence-corrected chi connectivity index (χ0v) is 14.3. The molecule has 0 bridgehead atoms. The van der Waals surface area contributed by atoms with Gasteiger partial charge in [-0.3, -0.25) is 9.71 Å². The predicted molar refractivity (Wildman–Crippen MR) is 92.6 cm³/mol. The highest BCUT2D eigenvalue weighted by Gasteiger charge is 2.18. The minimum Gasteiger partial charge on any atom is -0.469 e. The van der Waals surface area contributed by atoms with Gasteiger partial charge in [-0.15, -0.1) is 0 Å². The normalized spacial score (nSPS) is 11.1. The summed E-state index contributed by atoms with van der Waals surface area (Å²) >= 11 is 0. The van der Waals surface area contributed by atoms with E-state index in [1.807, 2.05) is 13.0 Å². The number of rotatable bonds is 6. The second kappa shape index (κ2) is 7.27. The Morgan fingerprint density at radius 3 is 2.44 bits per heavy atom. The van der Waals surface area contributed by atoms with Gasteiger partial charge in [-0.25, -0.2) is 18.4 Å². The Morgan fingerprint density at radius 1 is 0.960 bits per heavy atom. The molecule has 3 rings (SSSR count). The van der Waals surface area contributed by atoms with E-state index in [9.17, 15) is 8.42 Å². The fraction of sp³-hybridized carbons (Fsp3) is 0.118. The number of benzene rings is 1. The minimum atomic E-state index is -3.78. The van der Waals surface area contributed by atoms with Crippen LogP contribution < -0.4 is 9.46 Å². The summed E-state index contributed by atoms with van der Waals surface area (Å²) in [6.07, 6.45) is 4.47. The van der Waals surface area contributed by atoms with E-state index in [-0.39, 0.29) is 23.2 Å². The van der Waals surface area contributed by atoms with Gasteiger partial charge in [0.1, 0.15) is 6.61 Å². The standard InChI is InChI=1S/C17H16N4O3S/c1-13-5-7-15(8-6-13)25(22,23)21-16-17(20-11-10-19-16)24-12-14-4-2-3-9-18-14/h2-11H,12H2,1H3,(H,19,21). The van der Waals surface area contributed by atoms with Gasteiger partial charge in [-0.2, -0.15) is 0 Å². The van der Waals surface area contributed by atoms with E-state index in [1.54, 1.807) is 30.5 Å². The van der Waals surface area contributed by atoms with Crippen molar-refractivity contribution in [1.29, 1.82) is 0 Å². The molecule has 0 aliphatic heterocycles. The maximum atomic E-state index is 12.5. The molecule has 0 atom stereocenters. The number of nitrogens with zero attached hydrogens (tertiary/aromatic N) is 3. The molecule has 0 saturated carbocycles. The highest BCUT2D eigenvalue weighted by atomic mass is 32.2. The van der Waals surface area contributed by atoms with E-state index in [4.69, 9.17) is 4.74 Å². The van der Waals surface area contributed by atoms with Crippen LogP contribution in [0.5, 0.6) is 5.88 Å². The van der Waals surface area contributed by atoms with E-state index in [2.05, 4.69) is 19.7 Å². The van der Waals surface area contributed by atoms with Crippen LogP contribution in [0.2, 0.25) is 0 Å². The molecule has 8 heteroatoms. The lowest BCUT2D eigenvalue weighted by Crippen LogP contribution is -2.15. The summed E-state index contributed by atoms with van der Waals surface area (Å²) in [5.41, 5.74) is 1.67. The monoisotopic (exact) mass is 356 g/mol. The molecule has 0 spiro atoms. The number of hydrogen-bond donors (Lipinski definition) is 1. The Morgan fingerprint density at radius 2 is 1.72 bits per heavy atom. The van der Waals surface area contributed by atoms with Crippen molar-refractivity contribution in [2.45, 2.75) is 18.4 Å². The second-order valence-corrected chi connectivity index (χ2v) is 6.92. The zero-order valence-electron chi connectivity index (χ0n) is 13.5. The smallest absolute Gasteiger partial charge is 0.263 e. The predicted octanol–water partition coefficient (Wildman–Crippen LogP) is 2.56. The van der Waals surface area contributed by atoms with Gasteiger partial charge >= 0.3 is 0 Å². The quantitative estimate of drug-likeness (QED) is 0.729. The first-order chi connectivity index (χ1) is 12.0. The van der Waals surface area contributed by atoms with Crippen LogP contribution in [0.25, 0.3) is 0 Å². The molecule has 0 fully saturated rings. The molecule has 128 valence electrons. The summed E-state index contributed by atoms with van der Waals surface area (Å²) in [6.45, 7) is 2.04. The number of ether oxygens (including phenoxy) is 1. The molecule has 2 heterocycles. The van der Waals surface area contributed by atoms with Crippen LogP contribution in [0.3, 0.4) is 0 Å². The Hall–Kier alpha value is -3.00. The molecule has 0 radical (unpaired) electrons. The maximum absolute atomic E-state index is 12.5. The molecule has 1 aromatic carbocycles. The number of aromatic nitrogens is 3. The number of anilines is 1. The topological polar surface area (TPSA) is 94.1 Å². The molecule has 0 unspecified atom stereocenters. The number of pyridine rings is 1. The van der Waals surface area contributed by atoms with E-state index in [1.165, 1.54) is 24.5 Å². The van der Waals surface area contributed by atoms with Crippen molar-refractivity contribution in [1.82, 2.24) is 15.0 Å². The van der Waals surface area contributed by atoms with Crippen LogP contribution in [-0.4, -0.2) is 23.4 Å². The molecule has 0 aliphatic rings. The van der Waals surface area contributed by atoms with E-state index in [0.29, 0.717) is 5.69 Å². The van der Waals surface area contributed by atoms with Gasteiger partial charge in [-0.05, 0) is 31.2 Å². The molecule has 0 saturated heterocycles. The van der Waals surface area contributed by atoms with Crippen molar-refractivity contribution in [3.63, 3.8) is 0 Å². The lowest BCUT2D eigenvalue weighted by molar-refractivity contribution is 0.290. The first-order valence-corrected chi connectivity index (χ1v) is 8.96. The van der Waals surface area contributed by atoms with Crippen molar-refractivity contribution >= 4 is 15.8 Å². The van der Waals surface area contributed by atoms with Crippen LogP contribution >= 0.6 is 0 Å². The Kier molecular flexibility index (Phi) is 4.90. The highest BCUT2D eigenvalue weighted by Crippen LogP contribution is 2.22. The number of hydrogen-bond acceptors (Lipinski definition) is 6. The van der Waals surface area contributed by atoms with Crippen molar-refractivity contribution in [2.24, 2.45) is 0 Å². The summed E-state index contributed by atoms with van der Waals surface area (Å²) in [7, 11) is -3.78. The molecule has 7 nitrogen and oxygen atoms in total. The number of aryl methyl sites for hydroxylation is 1. The third-order valence-electron chi connectivity index (χ3n) is 3.31. The highest BCUT2D eigenvalue weighted by molar-refractivity contribution is 7.92. The van der Waals surface area contributed by atoms with Crippen LogP contribution in [0, 0.1) is 6.92 Å². The van der Waals surface area contributed by atoms with Gasteiger partial charge in [0.25, 0.3) is 15.9 Å². The summed E-state index contributed by atoms with van der Waals surface area (Å²) in [6, 6.07) is 11.9. The maximum Gasteiger partial charge on any atom is 0.263 e. The molecule has 0 aliphatic carbocycles. The van der Waals surface area contributed by atoms with Gasteiger partial charge in [-0.1, -0.05) is 23.8 Å². The van der Waals surface area contributed by atoms with Crippen LogP contribution in [0.4, 0.5) is 5.82 Å². The average molecular weight is 356 g/mol. The second-order valence-electron chi connectivity index (χ2n) is 5.24. The van der Waals surface area contributed by atoms with Crippen LogP contribution in [0.1, 0.15) is 11.3 Å². The van der Waals surface area contributed by atoms with E-state index >= 15 is 0 Å². The molecule has 25 heavy (non-hydrogen) atoms. The minimum absolute atomic E-state index is 0.0269. The largest absolute Gasteiger partial charge is 0.469 e. The van der Waals surface area contributed by atoms with Crippen molar-refractivity contribution in [3.05, 3.63) is 72.3 Å². The summed E-state index contributed by atoms with van der Waals surface area (Å²) in [5, 5.41) is 0. The third kappa shape index (κ3) is 4.30. The van der Waals surface area contributed by atoms with Gasteiger partial charge in [0.15, 0.2) is 0 Å². The summed E-state index contributed by atoms with van der Waals surface area (Å²) in [5.74, 6) is 0.114. The SMILES string of the molecule is Cc1ccc(S(=O)(=O)Nc2nccnc2OCc2ccccn2)cc1. The zero-order chi connectivity index (χ0) is 17.7. The fourth-order valence-electron chi connectivity index (χ4n) is 2.03. The summed E-state index contributed by atoms with van der Waals surface area (Å²) in [4.78, 5) is 12.3. The fourth-order valence-corrected chi connectivity index (χ4v) is 3.04. The Bertz CT molecular complexity index is 945. The van der Waals surface area contributed by atoms with E-state index < -0.39 is 10.0 Å². The molecule has 2 aromatic heterocycles. The van der Waals surface area contributed by atoms with Crippen molar-refractivity contribution in [2.75, 3.05) is 4.72 Å². The van der Waals surface area contributed by atoms with Gasteiger partial charge in [0, 0.05) is 18.6 Å². The van der Waals surface area contributed by atoms with E-state index in [0.717, 1.165) is 5.56 Å². The van der Waals surface area contributed by atoms with Crippen LogP contribution in [-0.2, 0) is 16.6 Å². The first-order valence-electron chi connectivity index (χ1n) is 7.48. The molecule has 0 amide bonds. The number of nitrogens with one attached hydrogen (secondary N) is 1. The Labute approximate surface area is 145 Å². The molecule has 3 aromatic rings. The van der Waals surface area contributed by atoms with Gasteiger partial charge in [0.05, 0.1) is 10.6 Å². The molecule has 1 N–H and O–H groups in total. The number of sulfonamides is 1. The van der Waals surface area contributed by atoms with Gasteiger partial charge < -0.3 is 4.74 Å². The van der Waals surface area contributed by atoms with Crippen LogP contribution in [0.15, 0.2) is 66.0 Å². The molecular weight excluding hydrogens is 340 g/mol. The third-order valence-corrected chi connectivity index (χ3v) is 4.66.